The molecule has 0 aliphatic heterocycles. The number of aromatic nitrogens is 1. The Labute approximate surface area is 213 Å². The van der Waals surface area contributed by atoms with Gasteiger partial charge in [0.2, 0.25) is 5.89 Å². The molecule has 7 heteroatoms. The first kappa shape index (κ1) is 23.3. The zero-order chi connectivity index (χ0) is 25.1. The molecule has 1 amide bonds. The van der Waals surface area contributed by atoms with Gasteiger partial charge in [-0.3, -0.25) is 10.1 Å². The molecule has 3 N–H and O–H groups in total. The molecule has 4 aromatic carbocycles. The number of thiocarbonyl (C=S) groups is 1. The van der Waals surface area contributed by atoms with E-state index in [2.05, 4.69) is 22.5 Å². The number of hydrogen-bond donors (Lipinski definition) is 3. The van der Waals surface area contributed by atoms with Gasteiger partial charge in [-0.1, -0.05) is 55.5 Å². The molecule has 0 aliphatic rings. The molecule has 0 atom stereocenters. The summed E-state index contributed by atoms with van der Waals surface area (Å²) >= 11 is 5.30. The van der Waals surface area contributed by atoms with E-state index in [1.165, 1.54) is 6.07 Å². The number of phenolic OH excluding ortho intramolecular Hbond substituents is 1. The first-order valence-corrected chi connectivity index (χ1v) is 11.9. The predicted molar refractivity (Wildman–Crippen MR) is 146 cm³/mol. The number of aryl methyl sites for hydroxylation is 1. The number of anilines is 1. The molecule has 0 spiro atoms. The number of rotatable bonds is 5. The Hall–Kier alpha value is -4.49. The molecule has 5 rings (SSSR count). The Kier molecular flexibility index (Phi) is 6.47. The standard InChI is InChI=1S/C29H23N3O3S/c1-2-18-8-15-26-24(16-18)31-28(35-26)23-14-13-22(17-25(23)33)30-29(36)32-27(34)21-11-9-20(10-12-21)19-6-4-3-5-7-19/h3-17,33H,2H2,1H3,(H2,30,32,34,36). The van der Waals surface area contributed by atoms with E-state index in [-0.39, 0.29) is 16.8 Å². The van der Waals surface area contributed by atoms with Gasteiger partial charge in [-0.25, -0.2) is 4.98 Å². The van der Waals surface area contributed by atoms with Crippen molar-refractivity contribution in [2.75, 3.05) is 5.32 Å². The number of hydrogen-bond acceptors (Lipinski definition) is 5. The van der Waals surface area contributed by atoms with Crippen molar-refractivity contribution in [2.24, 2.45) is 0 Å². The Bertz CT molecular complexity index is 1560. The Balaban J connectivity index is 1.25. The van der Waals surface area contributed by atoms with Crippen LogP contribution in [0.1, 0.15) is 22.8 Å². The number of benzene rings is 4. The van der Waals surface area contributed by atoms with Crippen LogP contribution in [0.3, 0.4) is 0 Å². The van der Waals surface area contributed by atoms with Crippen molar-refractivity contribution >= 4 is 40.0 Å². The van der Waals surface area contributed by atoms with Crippen LogP contribution in [-0.2, 0) is 6.42 Å². The first-order chi connectivity index (χ1) is 17.5. The molecule has 1 heterocycles. The maximum absolute atomic E-state index is 12.6. The molecular formula is C29H23N3O3S. The number of nitrogens with zero attached hydrogens (tertiary/aromatic N) is 1. The molecule has 0 saturated carbocycles. The minimum atomic E-state index is -0.328. The molecule has 1 aromatic heterocycles. The minimum absolute atomic E-state index is 0.0205. The summed E-state index contributed by atoms with van der Waals surface area (Å²) in [6.07, 6.45) is 0.902. The highest BCUT2D eigenvalue weighted by molar-refractivity contribution is 7.80. The third-order valence-corrected chi connectivity index (χ3v) is 6.03. The molecular weight excluding hydrogens is 470 g/mol. The van der Waals surface area contributed by atoms with Crippen molar-refractivity contribution in [3.63, 3.8) is 0 Å². The van der Waals surface area contributed by atoms with E-state index in [0.717, 1.165) is 28.6 Å². The van der Waals surface area contributed by atoms with Gasteiger partial charge in [-0.15, -0.1) is 0 Å². The summed E-state index contributed by atoms with van der Waals surface area (Å²) in [4.78, 5) is 17.1. The maximum Gasteiger partial charge on any atom is 0.257 e. The normalized spacial score (nSPS) is 10.8. The van der Waals surface area contributed by atoms with Crippen LogP contribution in [0.4, 0.5) is 5.69 Å². The van der Waals surface area contributed by atoms with Gasteiger partial charge in [0, 0.05) is 17.3 Å². The van der Waals surface area contributed by atoms with Crippen molar-refractivity contribution in [1.29, 1.82) is 0 Å². The molecule has 0 saturated heterocycles. The van der Waals surface area contributed by atoms with Gasteiger partial charge < -0.3 is 14.8 Å². The maximum atomic E-state index is 12.6. The van der Waals surface area contributed by atoms with Crippen molar-refractivity contribution in [3.05, 3.63) is 102 Å². The van der Waals surface area contributed by atoms with E-state index >= 15 is 0 Å². The lowest BCUT2D eigenvalue weighted by molar-refractivity contribution is 0.0977. The van der Waals surface area contributed by atoms with E-state index in [9.17, 15) is 9.90 Å². The zero-order valence-corrected chi connectivity index (χ0v) is 20.3. The summed E-state index contributed by atoms with van der Waals surface area (Å²) in [5.41, 5.74) is 6.12. The van der Waals surface area contributed by atoms with Gasteiger partial charge in [0.1, 0.15) is 11.3 Å². The SMILES string of the molecule is CCc1ccc2oc(-c3ccc(NC(=S)NC(=O)c4ccc(-c5ccccc5)cc4)cc3O)nc2c1. The molecule has 0 aliphatic carbocycles. The van der Waals surface area contributed by atoms with Crippen molar-refractivity contribution in [3.8, 4) is 28.3 Å². The van der Waals surface area contributed by atoms with E-state index in [4.69, 9.17) is 16.6 Å². The fourth-order valence-corrected chi connectivity index (χ4v) is 4.09. The van der Waals surface area contributed by atoms with Crippen LogP contribution in [-0.4, -0.2) is 21.1 Å². The van der Waals surface area contributed by atoms with Gasteiger partial charge in [0.15, 0.2) is 10.7 Å². The fraction of sp³-hybridized carbons (Fsp3) is 0.0690. The number of oxazole rings is 1. The van der Waals surface area contributed by atoms with Crippen LogP contribution >= 0.6 is 12.2 Å². The number of phenols is 1. The van der Waals surface area contributed by atoms with Crippen LogP contribution < -0.4 is 10.6 Å². The monoisotopic (exact) mass is 493 g/mol. The number of fused-ring (bicyclic) bond motifs is 1. The lowest BCUT2D eigenvalue weighted by Gasteiger charge is -2.11. The third-order valence-electron chi connectivity index (χ3n) is 5.83. The van der Waals surface area contributed by atoms with Gasteiger partial charge >= 0.3 is 0 Å². The number of carbonyl (C=O) groups is 1. The fourth-order valence-electron chi connectivity index (χ4n) is 3.88. The van der Waals surface area contributed by atoms with Crippen LogP contribution in [0.25, 0.3) is 33.7 Å². The summed E-state index contributed by atoms with van der Waals surface area (Å²) in [5.74, 6) is -0.0177. The topological polar surface area (TPSA) is 87.4 Å². The second kappa shape index (κ2) is 10.0. The minimum Gasteiger partial charge on any atom is -0.507 e. The number of aromatic hydroxyl groups is 1. The van der Waals surface area contributed by atoms with Gasteiger partial charge in [0.05, 0.1) is 5.56 Å². The average molecular weight is 494 g/mol. The average Bonchev–Trinajstić information content (AvgIpc) is 3.32. The Morgan fingerprint density at radius 3 is 2.42 bits per heavy atom. The van der Waals surface area contributed by atoms with Crippen LogP contribution in [0.15, 0.2) is 95.4 Å². The molecule has 0 bridgehead atoms. The Morgan fingerprint density at radius 2 is 1.69 bits per heavy atom. The highest BCUT2D eigenvalue weighted by atomic mass is 32.1. The van der Waals surface area contributed by atoms with E-state index in [1.807, 2.05) is 60.7 Å². The van der Waals surface area contributed by atoms with Gasteiger partial charge in [0.25, 0.3) is 5.91 Å². The molecule has 0 fully saturated rings. The smallest absolute Gasteiger partial charge is 0.257 e. The summed E-state index contributed by atoms with van der Waals surface area (Å²) in [6.45, 7) is 2.08. The first-order valence-electron chi connectivity index (χ1n) is 11.5. The molecule has 6 nitrogen and oxygen atoms in total. The lowest BCUT2D eigenvalue weighted by Crippen LogP contribution is -2.34. The number of nitrogens with one attached hydrogen (secondary N) is 2. The summed E-state index contributed by atoms with van der Waals surface area (Å²) in [5, 5.41) is 16.3. The van der Waals surface area contributed by atoms with Crippen molar-refractivity contribution < 1.29 is 14.3 Å². The molecule has 0 unspecified atom stereocenters. The van der Waals surface area contributed by atoms with Crippen molar-refractivity contribution in [2.45, 2.75) is 13.3 Å². The molecule has 0 radical (unpaired) electrons. The number of carbonyl (C=O) groups excluding carboxylic acids is 1. The quantitative estimate of drug-likeness (QED) is 0.241. The van der Waals surface area contributed by atoms with E-state index in [0.29, 0.717) is 28.3 Å². The second-order valence-corrected chi connectivity index (χ2v) is 8.67. The second-order valence-electron chi connectivity index (χ2n) is 8.26. The third kappa shape index (κ3) is 4.96. The summed E-state index contributed by atoms with van der Waals surface area (Å²) in [7, 11) is 0. The van der Waals surface area contributed by atoms with Gasteiger partial charge in [-0.05, 0) is 71.7 Å². The van der Waals surface area contributed by atoms with Gasteiger partial charge in [-0.2, -0.15) is 0 Å². The van der Waals surface area contributed by atoms with Crippen LogP contribution in [0.2, 0.25) is 0 Å². The summed E-state index contributed by atoms with van der Waals surface area (Å²) < 4.78 is 5.82. The summed E-state index contributed by atoms with van der Waals surface area (Å²) in [6, 6.07) is 28.0. The lowest BCUT2D eigenvalue weighted by atomic mass is 10.0. The van der Waals surface area contributed by atoms with Crippen molar-refractivity contribution in [1.82, 2.24) is 10.3 Å². The van der Waals surface area contributed by atoms with Crippen LogP contribution in [0, 0.1) is 0 Å². The van der Waals surface area contributed by atoms with E-state index < -0.39 is 0 Å². The van der Waals surface area contributed by atoms with Crippen LogP contribution in [0.5, 0.6) is 5.75 Å². The highest BCUT2D eigenvalue weighted by Crippen LogP contribution is 2.33. The Morgan fingerprint density at radius 1 is 0.944 bits per heavy atom. The zero-order valence-electron chi connectivity index (χ0n) is 19.5. The largest absolute Gasteiger partial charge is 0.507 e. The molecule has 178 valence electrons. The molecule has 36 heavy (non-hydrogen) atoms. The van der Waals surface area contributed by atoms with E-state index in [1.54, 1.807) is 24.3 Å². The predicted octanol–water partition coefficient (Wildman–Crippen LogP) is 6.56. The highest BCUT2D eigenvalue weighted by Gasteiger charge is 2.14. The number of amides is 1. The molecule has 5 aromatic rings.